The molecular formula is C25H33N5O4S. The van der Waals surface area contributed by atoms with E-state index >= 15 is 0 Å². The van der Waals surface area contributed by atoms with E-state index in [-0.39, 0.29) is 30.3 Å². The van der Waals surface area contributed by atoms with E-state index in [1.54, 1.807) is 41.6 Å². The molecule has 10 heteroatoms. The van der Waals surface area contributed by atoms with Crippen LogP contribution in [0.4, 0.5) is 0 Å². The Balaban J connectivity index is 1.53. The average Bonchev–Trinajstić information content (AvgIpc) is 3.61. The van der Waals surface area contributed by atoms with Gasteiger partial charge in [-0.1, -0.05) is 18.9 Å². The molecule has 1 aliphatic heterocycles. The van der Waals surface area contributed by atoms with E-state index in [1.165, 1.54) is 11.3 Å². The number of aromatic nitrogens is 1. The number of nitrogens with one attached hydrogen (secondary N) is 2. The van der Waals surface area contributed by atoms with Crippen LogP contribution in [0.25, 0.3) is 0 Å². The van der Waals surface area contributed by atoms with Crippen LogP contribution in [0, 0.1) is 0 Å². The minimum absolute atomic E-state index is 0.126. The van der Waals surface area contributed by atoms with Crippen LogP contribution in [0.3, 0.4) is 0 Å². The van der Waals surface area contributed by atoms with Gasteiger partial charge in [-0.2, -0.15) is 0 Å². The second-order valence-corrected chi connectivity index (χ2v) is 9.82. The van der Waals surface area contributed by atoms with Crippen molar-refractivity contribution in [3.63, 3.8) is 0 Å². The summed E-state index contributed by atoms with van der Waals surface area (Å²) in [7, 11) is 0. The summed E-state index contributed by atoms with van der Waals surface area (Å²) in [5, 5.41) is 7.71. The maximum absolute atomic E-state index is 13.6. The summed E-state index contributed by atoms with van der Waals surface area (Å²) in [5.74, 6) is -0.785. The first-order valence-electron chi connectivity index (χ1n) is 12.2. The molecule has 0 bridgehead atoms. The van der Waals surface area contributed by atoms with E-state index in [1.807, 2.05) is 5.38 Å². The van der Waals surface area contributed by atoms with Crippen LogP contribution >= 0.6 is 11.3 Å². The number of hydrogen-bond donors (Lipinski definition) is 2. The molecular weight excluding hydrogens is 466 g/mol. The molecule has 0 aromatic carbocycles. The fraction of sp³-hybridized carbons (Fsp3) is 0.520. The SMILES string of the molecule is O=C(NCC(=O)N(CCN1CCOCC1)C(C(=O)NC1CCCC1)c1ccncc1)c1cccs1. The largest absolute Gasteiger partial charge is 0.379 e. The highest BCUT2D eigenvalue weighted by Crippen LogP contribution is 2.24. The molecule has 0 radical (unpaired) electrons. The standard InChI is InChI=1S/C25H33N5O4S/c31-22(18-27-24(32)21-6-3-17-35-21)30(12-11-29-13-15-34-16-14-29)23(19-7-9-26-10-8-19)25(33)28-20-4-1-2-5-20/h3,6-10,17,20,23H,1-2,4-5,11-16,18H2,(H,27,32)(H,28,33). The van der Waals surface area contributed by atoms with Crippen LogP contribution in [-0.4, -0.2) is 84.5 Å². The first-order chi connectivity index (χ1) is 17.1. The maximum Gasteiger partial charge on any atom is 0.261 e. The molecule has 188 valence electrons. The van der Waals surface area contributed by atoms with Gasteiger partial charge in [-0.15, -0.1) is 11.3 Å². The van der Waals surface area contributed by atoms with Gasteiger partial charge in [0.05, 0.1) is 24.6 Å². The molecule has 1 saturated carbocycles. The lowest BCUT2D eigenvalue weighted by atomic mass is 10.0. The Labute approximate surface area is 209 Å². The number of morpholine rings is 1. The van der Waals surface area contributed by atoms with Crippen LogP contribution in [-0.2, 0) is 14.3 Å². The molecule has 2 aromatic rings. The lowest BCUT2D eigenvalue weighted by Gasteiger charge is -2.35. The van der Waals surface area contributed by atoms with E-state index < -0.39 is 6.04 Å². The van der Waals surface area contributed by atoms with Crippen molar-refractivity contribution in [3.05, 3.63) is 52.5 Å². The van der Waals surface area contributed by atoms with Gasteiger partial charge in [0.25, 0.3) is 5.91 Å². The zero-order valence-corrected chi connectivity index (χ0v) is 20.7. The summed E-state index contributed by atoms with van der Waals surface area (Å²) in [6, 6.07) is 6.39. The van der Waals surface area contributed by atoms with Crippen molar-refractivity contribution in [2.24, 2.45) is 0 Å². The smallest absolute Gasteiger partial charge is 0.261 e. The third-order valence-electron chi connectivity index (χ3n) is 6.51. The van der Waals surface area contributed by atoms with Crippen molar-refractivity contribution >= 4 is 29.1 Å². The fourth-order valence-corrected chi connectivity index (χ4v) is 5.23. The third-order valence-corrected chi connectivity index (χ3v) is 7.38. The Hall–Kier alpha value is -2.82. The first-order valence-corrected chi connectivity index (χ1v) is 13.1. The number of pyridine rings is 1. The monoisotopic (exact) mass is 499 g/mol. The van der Waals surface area contributed by atoms with Crippen molar-refractivity contribution < 1.29 is 19.1 Å². The predicted molar refractivity (Wildman–Crippen MR) is 133 cm³/mol. The van der Waals surface area contributed by atoms with Gasteiger partial charge in [0.1, 0.15) is 6.04 Å². The second kappa shape index (κ2) is 12.8. The number of ether oxygens (including phenoxy) is 1. The van der Waals surface area contributed by atoms with Crippen molar-refractivity contribution in [1.82, 2.24) is 25.4 Å². The Morgan fingerprint density at radius 1 is 1.14 bits per heavy atom. The van der Waals surface area contributed by atoms with Crippen molar-refractivity contribution in [1.29, 1.82) is 0 Å². The van der Waals surface area contributed by atoms with Gasteiger partial charge in [-0.05, 0) is 42.0 Å². The molecule has 1 aliphatic carbocycles. The van der Waals surface area contributed by atoms with Crippen LogP contribution in [0.1, 0.15) is 47.0 Å². The molecule has 9 nitrogen and oxygen atoms in total. The quantitative estimate of drug-likeness (QED) is 0.517. The van der Waals surface area contributed by atoms with Gasteiger partial charge in [-0.3, -0.25) is 24.3 Å². The Bertz CT molecular complexity index is 960. The summed E-state index contributed by atoms with van der Waals surface area (Å²) in [4.78, 5) is 48.0. The zero-order chi connectivity index (χ0) is 24.5. The van der Waals surface area contributed by atoms with Gasteiger partial charge >= 0.3 is 0 Å². The maximum atomic E-state index is 13.6. The van der Waals surface area contributed by atoms with E-state index in [2.05, 4.69) is 20.5 Å². The number of nitrogens with zero attached hydrogens (tertiary/aromatic N) is 3. The van der Waals surface area contributed by atoms with E-state index in [0.29, 0.717) is 36.7 Å². The molecule has 4 rings (SSSR count). The Kier molecular flexibility index (Phi) is 9.21. The summed E-state index contributed by atoms with van der Waals surface area (Å²) >= 11 is 1.32. The molecule has 2 aromatic heterocycles. The highest BCUT2D eigenvalue weighted by molar-refractivity contribution is 7.12. The van der Waals surface area contributed by atoms with E-state index in [4.69, 9.17) is 4.74 Å². The first kappa shape index (κ1) is 25.3. The van der Waals surface area contributed by atoms with Crippen molar-refractivity contribution in [2.45, 2.75) is 37.8 Å². The molecule has 2 N–H and O–H groups in total. The zero-order valence-electron chi connectivity index (χ0n) is 19.9. The fourth-order valence-electron chi connectivity index (χ4n) is 4.59. The topological polar surface area (TPSA) is 104 Å². The average molecular weight is 500 g/mol. The molecule has 35 heavy (non-hydrogen) atoms. The van der Waals surface area contributed by atoms with Gasteiger partial charge in [0.15, 0.2) is 0 Å². The highest BCUT2D eigenvalue weighted by atomic mass is 32.1. The number of thiophene rings is 1. The van der Waals surface area contributed by atoms with E-state index in [9.17, 15) is 14.4 Å². The lowest BCUT2D eigenvalue weighted by molar-refractivity contribution is -0.140. The Morgan fingerprint density at radius 3 is 2.57 bits per heavy atom. The van der Waals surface area contributed by atoms with Crippen LogP contribution in [0.15, 0.2) is 42.0 Å². The summed E-state index contributed by atoms with van der Waals surface area (Å²) < 4.78 is 5.44. The van der Waals surface area contributed by atoms with Crippen molar-refractivity contribution in [2.75, 3.05) is 45.9 Å². The lowest BCUT2D eigenvalue weighted by Crippen LogP contribution is -2.51. The van der Waals surface area contributed by atoms with Crippen molar-refractivity contribution in [3.8, 4) is 0 Å². The summed E-state index contributed by atoms with van der Waals surface area (Å²) in [6.45, 7) is 3.67. The molecule has 1 atom stereocenters. The molecule has 0 spiro atoms. The molecule has 2 fully saturated rings. The minimum atomic E-state index is -0.800. The third kappa shape index (κ3) is 7.09. The highest BCUT2D eigenvalue weighted by Gasteiger charge is 2.33. The number of carbonyl (C=O) groups excluding carboxylic acids is 3. The number of carbonyl (C=O) groups is 3. The molecule has 2 aliphatic rings. The molecule has 1 unspecified atom stereocenters. The second-order valence-electron chi connectivity index (χ2n) is 8.87. The van der Waals surface area contributed by atoms with Crippen LogP contribution in [0.2, 0.25) is 0 Å². The number of rotatable bonds is 10. The normalized spacial score (nSPS) is 17.6. The van der Waals surface area contributed by atoms with Crippen LogP contribution in [0.5, 0.6) is 0 Å². The van der Waals surface area contributed by atoms with Gasteiger partial charge < -0.3 is 20.3 Å². The summed E-state index contributed by atoms with van der Waals surface area (Å²) in [5.41, 5.74) is 0.704. The van der Waals surface area contributed by atoms with E-state index in [0.717, 1.165) is 38.8 Å². The molecule has 3 amide bonds. The Morgan fingerprint density at radius 2 is 1.89 bits per heavy atom. The van der Waals surface area contributed by atoms with Gasteiger partial charge in [-0.25, -0.2) is 0 Å². The molecule has 3 heterocycles. The minimum Gasteiger partial charge on any atom is -0.379 e. The molecule has 1 saturated heterocycles. The number of amides is 3. The van der Waals surface area contributed by atoms with Crippen LogP contribution < -0.4 is 10.6 Å². The van der Waals surface area contributed by atoms with Gasteiger partial charge in [0.2, 0.25) is 11.8 Å². The van der Waals surface area contributed by atoms with Gasteiger partial charge in [0, 0.05) is 44.6 Å². The number of hydrogen-bond acceptors (Lipinski definition) is 7. The predicted octanol–water partition coefficient (Wildman–Crippen LogP) is 1.83. The summed E-state index contributed by atoms with van der Waals surface area (Å²) in [6.07, 6.45) is 7.36.